The first kappa shape index (κ1) is 16.3. The minimum atomic E-state index is -0.559. The second kappa shape index (κ2) is 7.29. The number of hydrogen-bond donors (Lipinski definition) is 2. The predicted molar refractivity (Wildman–Crippen MR) is 90.8 cm³/mol. The van der Waals surface area contributed by atoms with E-state index in [1.807, 2.05) is 0 Å². The number of benzene rings is 2. The lowest BCUT2D eigenvalue weighted by Crippen LogP contribution is -2.19. The molecule has 0 aromatic heterocycles. The van der Waals surface area contributed by atoms with Gasteiger partial charge in [0.1, 0.15) is 11.5 Å². The molecule has 0 spiro atoms. The third-order valence-corrected chi connectivity index (χ3v) is 3.31. The van der Waals surface area contributed by atoms with Crippen molar-refractivity contribution >= 4 is 40.3 Å². The van der Waals surface area contributed by atoms with Gasteiger partial charge in [0.15, 0.2) is 10.9 Å². The second-order valence-electron chi connectivity index (χ2n) is 4.28. The number of anilines is 2. The molecule has 0 atom stereocenters. The monoisotopic (exact) mass is 340 g/mol. The van der Waals surface area contributed by atoms with E-state index in [2.05, 4.69) is 10.6 Å². The first-order valence-corrected chi connectivity index (χ1v) is 7.07. The zero-order valence-corrected chi connectivity index (χ0v) is 13.5. The molecule has 0 aliphatic heterocycles. The van der Waals surface area contributed by atoms with Crippen molar-refractivity contribution in [3.8, 4) is 11.5 Å². The van der Waals surface area contributed by atoms with E-state index < -0.39 is 5.82 Å². The average Bonchev–Trinajstić information content (AvgIpc) is 2.51. The van der Waals surface area contributed by atoms with Gasteiger partial charge < -0.3 is 20.1 Å². The van der Waals surface area contributed by atoms with Crippen LogP contribution >= 0.6 is 23.8 Å². The molecule has 0 saturated carbocycles. The molecule has 0 fully saturated rings. The fourth-order valence-corrected chi connectivity index (χ4v) is 2.17. The molecule has 22 heavy (non-hydrogen) atoms. The van der Waals surface area contributed by atoms with E-state index in [0.29, 0.717) is 17.2 Å². The maximum Gasteiger partial charge on any atom is 0.175 e. The van der Waals surface area contributed by atoms with Gasteiger partial charge in [-0.3, -0.25) is 0 Å². The fourth-order valence-electron chi connectivity index (χ4n) is 1.76. The lowest BCUT2D eigenvalue weighted by atomic mass is 10.2. The molecule has 2 aromatic carbocycles. The van der Waals surface area contributed by atoms with Gasteiger partial charge in [-0.25, -0.2) is 4.39 Å². The standard InChI is InChI=1S/C15H14ClFN2O2S/c1-20-10-6-9(7-11(8-10)21-2)18-15(22)19-13-5-3-4-12(16)14(13)17/h3-8H,1-2H3,(H2,18,19,22). The lowest BCUT2D eigenvalue weighted by molar-refractivity contribution is 0.395. The van der Waals surface area contributed by atoms with Crippen LogP contribution in [0.3, 0.4) is 0 Å². The Hall–Kier alpha value is -2.05. The molecular weight excluding hydrogens is 327 g/mol. The van der Waals surface area contributed by atoms with Crippen molar-refractivity contribution in [3.05, 3.63) is 47.2 Å². The number of nitrogens with one attached hydrogen (secondary N) is 2. The molecular formula is C15H14ClFN2O2S. The molecule has 0 saturated heterocycles. The normalized spacial score (nSPS) is 10.0. The third-order valence-electron chi connectivity index (χ3n) is 2.81. The first-order chi connectivity index (χ1) is 10.5. The molecule has 0 aliphatic carbocycles. The van der Waals surface area contributed by atoms with Gasteiger partial charge in [-0.15, -0.1) is 0 Å². The molecule has 0 unspecified atom stereocenters. The summed E-state index contributed by atoms with van der Waals surface area (Å²) in [5, 5.41) is 5.93. The van der Waals surface area contributed by atoms with Gasteiger partial charge in [-0.2, -0.15) is 0 Å². The minimum Gasteiger partial charge on any atom is -0.497 e. The van der Waals surface area contributed by atoms with Crippen LogP contribution in [-0.2, 0) is 0 Å². The Bertz CT molecular complexity index is 675. The Kier molecular flexibility index (Phi) is 5.41. The summed E-state index contributed by atoms with van der Waals surface area (Å²) in [4.78, 5) is 0. The van der Waals surface area contributed by atoms with Gasteiger partial charge in [0.2, 0.25) is 0 Å². The van der Waals surface area contributed by atoms with E-state index in [9.17, 15) is 4.39 Å². The van der Waals surface area contributed by atoms with Crippen LogP contribution in [-0.4, -0.2) is 19.3 Å². The molecule has 0 amide bonds. The Labute approximate surface area is 138 Å². The molecule has 2 aromatic rings. The Morgan fingerprint density at radius 1 is 1.09 bits per heavy atom. The Morgan fingerprint density at radius 3 is 2.32 bits per heavy atom. The third kappa shape index (κ3) is 3.99. The van der Waals surface area contributed by atoms with E-state index >= 15 is 0 Å². The van der Waals surface area contributed by atoms with Crippen LogP contribution in [0, 0.1) is 5.82 Å². The van der Waals surface area contributed by atoms with Crippen LogP contribution in [0.15, 0.2) is 36.4 Å². The highest BCUT2D eigenvalue weighted by molar-refractivity contribution is 7.80. The summed E-state index contributed by atoms with van der Waals surface area (Å²) in [6.45, 7) is 0. The summed E-state index contributed by atoms with van der Waals surface area (Å²) in [5.74, 6) is 0.661. The summed E-state index contributed by atoms with van der Waals surface area (Å²) in [5.41, 5.74) is 0.844. The van der Waals surface area contributed by atoms with Crippen molar-refractivity contribution in [2.45, 2.75) is 0 Å². The highest BCUT2D eigenvalue weighted by Crippen LogP contribution is 2.26. The summed E-state index contributed by atoms with van der Waals surface area (Å²) in [6.07, 6.45) is 0. The molecule has 0 heterocycles. The zero-order valence-electron chi connectivity index (χ0n) is 11.9. The van der Waals surface area contributed by atoms with Gasteiger partial charge in [-0.1, -0.05) is 17.7 Å². The summed E-state index contributed by atoms with van der Waals surface area (Å²) in [6, 6.07) is 9.85. The average molecular weight is 341 g/mol. The topological polar surface area (TPSA) is 42.5 Å². The van der Waals surface area contributed by atoms with Gasteiger partial charge in [-0.05, 0) is 24.4 Å². The number of thiocarbonyl (C=S) groups is 1. The van der Waals surface area contributed by atoms with Gasteiger partial charge in [0.05, 0.1) is 24.9 Å². The zero-order chi connectivity index (χ0) is 16.1. The number of methoxy groups -OCH3 is 2. The van der Waals surface area contributed by atoms with E-state index in [1.54, 1.807) is 44.6 Å². The van der Waals surface area contributed by atoms with Crippen molar-refractivity contribution in [2.75, 3.05) is 24.9 Å². The number of ether oxygens (including phenoxy) is 2. The molecule has 7 heteroatoms. The summed E-state index contributed by atoms with van der Waals surface area (Å²) in [7, 11) is 3.10. The molecule has 116 valence electrons. The van der Waals surface area contributed by atoms with E-state index in [4.69, 9.17) is 33.3 Å². The summed E-state index contributed by atoms with van der Waals surface area (Å²) >= 11 is 10.9. The quantitative estimate of drug-likeness (QED) is 0.812. The Morgan fingerprint density at radius 2 is 1.73 bits per heavy atom. The molecule has 4 nitrogen and oxygen atoms in total. The van der Waals surface area contributed by atoms with Gasteiger partial charge >= 0.3 is 0 Å². The SMILES string of the molecule is COc1cc(NC(=S)Nc2cccc(Cl)c2F)cc(OC)c1. The maximum atomic E-state index is 13.8. The minimum absolute atomic E-state index is 0.0239. The van der Waals surface area contributed by atoms with Crippen molar-refractivity contribution in [1.29, 1.82) is 0 Å². The fraction of sp³-hybridized carbons (Fsp3) is 0.133. The molecule has 0 radical (unpaired) electrons. The van der Waals surface area contributed by atoms with E-state index in [-0.39, 0.29) is 15.8 Å². The van der Waals surface area contributed by atoms with Gasteiger partial charge in [0, 0.05) is 23.9 Å². The van der Waals surface area contributed by atoms with E-state index in [1.165, 1.54) is 6.07 Å². The van der Waals surface area contributed by atoms with Crippen LogP contribution in [0.1, 0.15) is 0 Å². The first-order valence-electron chi connectivity index (χ1n) is 6.28. The van der Waals surface area contributed by atoms with Crippen LogP contribution in [0.5, 0.6) is 11.5 Å². The highest BCUT2D eigenvalue weighted by Gasteiger charge is 2.09. The molecule has 0 aliphatic rings. The van der Waals surface area contributed by atoms with Crippen molar-refractivity contribution in [3.63, 3.8) is 0 Å². The molecule has 2 rings (SSSR count). The van der Waals surface area contributed by atoms with Crippen molar-refractivity contribution in [2.24, 2.45) is 0 Å². The number of hydrogen-bond acceptors (Lipinski definition) is 3. The Balaban J connectivity index is 2.13. The van der Waals surface area contributed by atoms with Crippen molar-refractivity contribution in [1.82, 2.24) is 0 Å². The number of halogens is 2. The van der Waals surface area contributed by atoms with Gasteiger partial charge in [0.25, 0.3) is 0 Å². The number of rotatable bonds is 4. The molecule has 0 bridgehead atoms. The summed E-state index contributed by atoms with van der Waals surface area (Å²) < 4.78 is 24.2. The van der Waals surface area contributed by atoms with Crippen LogP contribution < -0.4 is 20.1 Å². The lowest BCUT2D eigenvalue weighted by Gasteiger charge is -2.13. The van der Waals surface area contributed by atoms with Crippen LogP contribution in [0.25, 0.3) is 0 Å². The smallest absolute Gasteiger partial charge is 0.175 e. The second-order valence-corrected chi connectivity index (χ2v) is 5.10. The largest absolute Gasteiger partial charge is 0.497 e. The predicted octanol–water partition coefficient (Wildman–Crippen LogP) is 4.31. The van der Waals surface area contributed by atoms with Crippen LogP contribution in [0.2, 0.25) is 5.02 Å². The van der Waals surface area contributed by atoms with E-state index in [0.717, 1.165) is 0 Å². The van der Waals surface area contributed by atoms with Crippen molar-refractivity contribution < 1.29 is 13.9 Å². The molecule has 2 N–H and O–H groups in total. The van der Waals surface area contributed by atoms with Crippen LogP contribution in [0.4, 0.5) is 15.8 Å². The highest BCUT2D eigenvalue weighted by atomic mass is 35.5. The maximum absolute atomic E-state index is 13.8.